The third-order valence-electron chi connectivity index (χ3n) is 3.75. The minimum absolute atomic E-state index is 0.720. The monoisotopic (exact) mass is 242 g/mol. The van der Waals surface area contributed by atoms with Crippen LogP contribution in [0.25, 0.3) is 10.9 Å². The van der Waals surface area contributed by atoms with Crippen LogP contribution in [0.1, 0.15) is 23.2 Å². The van der Waals surface area contributed by atoms with E-state index in [1.807, 2.05) is 0 Å². The summed E-state index contributed by atoms with van der Waals surface area (Å²) in [5.74, 6) is 0. The van der Waals surface area contributed by atoms with Gasteiger partial charge in [-0.2, -0.15) is 0 Å². The number of nitrogen functional groups attached to an aromatic ring is 1. The van der Waals surface area contributed by atoms with Crippen LogP contribution in [0.5, 0.6) is 0 Å². The van der Waals surface area contributed by atoms with E-state index in [-0.39, 0.29) is 0 Å². The number of ether oxygens (including phenoxy) is 1. The number of pyridine rings is 1. The van der Waals surface area contributed by atoms with E-state index in [2.05, 4.69) is 18.2 Å². The Kier molecular flexibility index (Phi) is 2.92. The molecule has 1 aliphatic carbocycles. The molecule has 18 heavy (non-hydrogen) atoms. The molecule has 1 aromatic carbocycles. The molecule has 0 radical (unpaired) electrons. The first kappa shape index (κ1) is 11.5. The Balaban J connectivity index is 2.19. The van der Waals surface area contributed by atoms with Crippen LogP contribution in [0.2, 0.25) is 0 Å². The van der Waals surface area contributed by atoms with Crippen LogP contribution in [0.3, 0.4) is 0 Å². The number of hydrogen-bond donors (Lipinski definition) is 1. The fraction of sp³-hybridized carbons (Fsp3) is 0.400. The third kappa shape index (κ3) is 1.75. The average molecular weight is 242 g/mol. The second kappa shape index (κ2) is 4.58. The van der Waals surface area contributed by atoms with Gasteiger partial charge >= 0.3 is 0 Å². The van der Waals surface area contributed by atoms with Crippen LogP contribution in [-0.2, 0) is 24.0 Å². The van der Waals surface area contributed by atoms with E-state index in [0.29, 0.717) is 0 Å². The first-order valence-electron chi connectivity index (χ1n) is 6.49. The van der Waals surface area contributed by atoms with Crippen LogP contribution >= 0.6 is 0 Å². The number of para-hydroxylation sites is 1. The molecule has 0 atom stereocenters. The van der Waals surface area contributed by atoms with Crippen molar-refractivity contribution in [1.82, 2.24) is 4.98 Å². The lowest BCUT2D eigenvalue weighted by molar-refractivity contribution is 0.202. The first-order chi connectivity index (χ1) is 8.81. The number of fused-ring (bicyclic) bond motifs is 2. The highest BCUT2D eigenvalue weighted by molar-refractivity contribution is 5.94. The van der Waals surface area contributed by atoms with Crippen molar-refractivity contribution >= 4 is 16.6 Å². The highest BCUT2D eigenvalue weighted by Crippen LogP contribution is 2.33. The predicted octanol–water partition coefficient (Wildman–Crippen LogP) is 2.49. The summed E-state index contributed by atoms with van der Waals surface area (Å²) in [4.78, 5) is 4.83. The van der Waals surface area contributed by atoms with Gasteiger partial charge in [0.2, 0.25) is 0 Å². The van der Waals surface area contributed by atoms with Crippen LogP contribution in [-0.4, -0.2) is 18.7 Å². The van der Waals surface area contributed by atoms with E-state index >= 15 is 0 Å². The topological polar surface area (TPSA) is 48.1 Å². The molecule has 2 N–H and O–H groups in total. The standard InChI is InChI=1S/C15H18N2O/c1-18-9-8-10-4-2-6-12-14(16)11-5-3-7-13(11)17-15(10)12/h2,4,6H,3,5,7-9H2,1H3,(H2,16,17). The van der Waals surface area contributed by atoms with Gasteiger partial charge in [-0.15, -0.1) is 0 Å². The summed E-state index contributed by atoms with van der Waals surface area (Å²) >= 11 is 0. The van der Waals surface area contributed by atoms with Crippen LogP contribution in [0.4, 0.5) is 5.69 Å². The highest BCUT2D eigenvalue weighted by atomic mass is 16.5. The second-order valence-electron chi connectivity index (χ2n) is 4.86. The van der Waals surface area contributed by atoms with Gasteiger partial charge in [-0.25, -0.2) is 0 Å². The van der Waals surface area contributed by atoms with Gasteiger partial charge in [0.25, 0.3) is 0 Å². The van der Waals surface area contributed by atoms with Gasteiger partial charge in [0.15, 0.2) is 0 Å². The van der Waals surface area contributed by atoms with Gasteiger partial charge in [0.05, 0.1) is 12.1 Å². The molecule has 3 rings (SSSR count). The fourth-order valence-electron chi connectivity index (χ4n) is 2.79. The zero-order valence-corrected chi connectivity index (χ0v) is 10.7. The molecule has 0 amide bonds. The van der Waals surface area contributed by atoms with Crippen molar-refractivity contribution in [3.8, 4) is 0 Å². The molecule has 1 aromatic heterocycles. The Hall–Kier alpha value is -1.61. The zero-order valence-electron chi connectivity index (χ0n) is 10.7. The minimum Gasteiger partial charge on any atom is -0.398 e. The molecule has 3 nitrogen and oxygen atoms in total. The fourth-order valence-corrected chi connectivity index (χ4v) is 2.79. The van der Waals surface area contributed by atoms with Crippen LogP contribution in [0.15, 0.2) is 18.2 Å². The summed E-state index contributed by atoms with van der Waals surface area (Å²) in [5.41, 5.74) is 12.0. The van der Waals surface area contributed by atoms with Gasteiger partial charge in [-0.05, 0) is 36.8 Å². The number of rotatable bonds is 3. The lowest BCUT2D eigenvalue weighted by atomic mass is 10.0. The smallest absolute Gasteiger partial charge is 0.0759 e. The number of anilines is 1. The molecule has 2 aromatic rings. The summed E-state index contributed by atoms with van der Waals surface area (Å²) in [6.07, 6.45) is 4.20. The summed E-state index contributed by atoms with van der Waals surface area (Å²) in [6.45, 7) is 0.720. The Labute approximate surface area is 107 Å². The molecule has 0 unspecified atom stereocenters. The Morgan fingerprint density at radius 1 is 1.33 bits per heavy atom. The molecule has 94 valence electrons. The SMILES string of the molecule is COCCc1cccc2c(N)c3c(nc12)CCC3. The third-order valence-corrected chi connectivity index (χ3v) is 3.75. The van der Waals surface area contributed by atoms with Crippen molar-refractivity contribution in [3.05, 3.63) is 35.0 Å². The molecule has 3 heteroatoms. The minimum atomic E-state index is 0.720. The quantitative estimate of drug-likeness (QED) is 0.899. The van der Waals surface area contributed by atoms with Crippen molar-refractivity contribution in [3.63, 3.8) is 0 Å². The predicted molar refractivity (Wildman–Crippen MR) is 73.8 cm³/mol. The van der Waals surface area contributed by atoms with Gasteiger partial charge in [-0.1, -0.05) is 18.2 Å². The average Bonchev–Trinajstić information content (AvgIpc) is 2.85. The molecule has 0 saturated heterocycles. The molecule has 0 saturated carbocycles. The van der Waals surface area contributed by atoms with Gasteiger partial charge in [0.1, 0.15) is 0 Å². The Morgan fingerprint density at radius 2 is 2.22 bits per heavy atom. The van der Waals surface area contributed by atoms with Crippen molar-refractivity contribution in [2.45, 2.75) is 25.7 Å². The normalized spacial score (nSPS) is 14.1. The number of methoxy groups -OCH3 is 1. The summed E-state index contributed by atoms with van der Waals surface area (Å²) in [6, 6.07) is 6.26. The van der Waals surface area contributed by atoms with E-state index < -0.39 is 0 Å². The first-order valence-corrected chi connectivity index (χ1v) is 6.49. The summed E-state index contributed by atoms with van der Waals surface area (Å²) in [5, 5.41) is 1.10. The molecule has 0 aliphatic heterocycles. The summed E-state index contributed by atoms with van der Waals surface area (Å²) < 4.78 is 5.16. The second-order valence-corrected chi connectivity index (χ2v) is 4.86. The number of aromatic nitrogens is 1. The van der Waals surface area contributed by atoms with Crippen molar-refractivity contribution in [2.75, 3.05) is 19.5 Å². The van der Waals surface area contributed by atoms with E-state index in [9.17, 15) is 0 Å². The molecular weight excluding hydrogens is 224 g/mol. The molecule has 0 spiro atoms. The lowest BCUT2D eigenvalue weighted by Gasteiger charge is -2.11. The molecule has 1 heterocycles. The molecule has 0 fully saturated rings. The van der Waals surface area contributed by atoms with Crippen molar-refractivity contribution in [2.24, 2.45) is 0 Å². The van der Waals surface area contributed by atoms with E-state index in [4.69, 9.17) is 15.5 Å². The number of hydrogen-bond acceptors (Lipinski definition) is 3. The van der Waals surface area contributed by atoms with Crippen molar-refractivity contribution < 1.29 is 4.74 Å². The van der Waals surface area contributed by atoms with Gasteiger partial charge < -0.3 is 10.5 Å². The van der Waals surface area contributed by atoms with E-state index in [1.54, 1.807) is 7.11 Å². The zero-order chi connectivity index (χ0) is 12.5. The maximum atomic E-state index is 6.30. The lowest BCUT2D eigenvalue weighted by Crippen LogP contribution is -2.02. The van der Waals surface area contributed by atoms with Crippen molar-refractivity contribution in [1.29, 1.82) is 0 Å². The van der Waals surface area contributed by atoms with E-state index in [1.165, 1.54) is 23.2 Å². The van der Waals surface area contributed by atoms with Crippen LogP contribution in [0, 0.1) is 0 Å². The maximum absolute atomic E-state index is 6.30. The molecular formula is C15H18N2O. The maximum Gasteiger partial charge on any atom is 0.0759 e. The largest absolute Gasteiger partial charge is 0.398 e. The number of nitrogens with two attached hydrogens (primary N) is 1. The van der Waals surface area contributed by atoms with E-state index in [0.717, 1.165) is 42.5 Å². The highest BCUT2D eigenvalue weighted by Gasteiger charge is 2.18. The van der Waals surface area contributed by atoms with Crippen LogP contribution < -0.4 is 5.73 Å². The Bertz CT molecular complexity index is 593. The summed E-state index contributed by atoms with van der Waals surface area (Å²) in [7, 11) is 1.73. The Morgan fingerprint density at radius 3 is 3.06 bits per heavy atom. The molecule has 0 bridgehead atoms. The number of aryl methyl sites for hydroxylation is 1. The number of nitrogens with zero attached hydrogens (tertiary/aromatic N) is 1. The number of benzene rings is 1. The van der Waals surface area contributed by atoms with Gasteiger partial charge in [0, 0.05) is 23.9 Å². The van der Waals surface area contributed by atoms with Gasteiger partial charge in [-0.3, -0.25) is 4.98 Å². The molecule has 1 aliphatic rings.